The highest BCUT2D eigenvalue weighted by molar-refractivity contribution is 7.89. The van der Waals surface area contributed by atoms with E-state index >= 15 is 0 Å². The van der Waals surface area contributed by atoms with Crippen molar-refractivity contribution in [3.63, 3.8) is 0 Å². The predicted molar refractivity (Wildman–Crippen MR) is 112 cm³/mol. The van der Waals surface area contributed by atoms with E-state index < -0.39 is 21.8 Å². The van der Waals surface area contributed by atoms with Crippen molar-refractivity contribution in [1.29, 1.82) is 0 Å². The molecule has 0 unspecified atom stereocenters. The zero-order chi connectivity index (χ0) is 21.6. The Kier molecular flexibility index (Phi) is 13.2. The zero-order valence-corrected chi connectivity index (χ0v) is 18.3. The van der Waals surface area contributed by atoms with E-state index in [0.29, 0.717) is 19.6 Å². The second kappa shape index (κ2) is 14.2. The number of terminal acetylenes is 1. The molecule has 28 heavy (non-hydrogen) atoms. The molecule has 2 N–H and O–H groups in total. The number of nitrogens with one attached hydrogen (secondary N) is 2. The summed E-state index contributed by atoms with van der Waals surface area (Å²) in [6.45, 7) is 3.50. The number of sulfonamides is 1. The van der Waals surface area contributed by atoms with Gasteiger partial charge >= 0.3 is 0 Å². The van der Waals surface area contributed by atoms with Crippen LogP contribution in [0.25, 0.3) is 0 Å². The van der Waals surface area contributed by atoms with Crippen LogP contribution in [0, 0.1) is 12.3 Å². The van der Waals surface area contributed by atoms with E-state index in [1.807, 2.05) is 19.0 Å². The fourth-order valence-corrected chi connectivity index (χ4v) is 3.28. The van der Waals surface area contributed by atoms with E-state index in [1.165, 1.54) is 11.4 Å². The van der Waals surface area contributed by atoms with Gasteiger partial charge in [-0.25, -0.2) is 12.7 Å². The highest BCUT2D eigenvalue weighted by Gasteiger charge is 2.20. The average Bonchev–Trinajstić information content (AvgIpc) is 2.63. The standard InChI is InChI=1S/C19H34N4O4S/c1-6-8-9-10-13-20-19(25)17(11-7-2)21-18(24)12-16-28(26,27)23(5)15-14-22(3)4/h2,11H,6,8-10,12-16H2,1,3-5H3,(H,20,25)(H,21,24)/b17-11+. The number of allylic oxidation sites excluding steroid dienone is 1. The normalized spacial score (nSPS) is 12.1. The third-order valence-corrected chi connectivity index (χ3v) is 5.84. The Labute approximate surface area is 169 Å². The van der Waals surface area contributed by atoms with Gasteiger partial charge in [0.25, 0.3) is 5.91 Å². The molecule has 0 atom stereocenters. The van der Waals surface area contributed by atoms with Crippen molar-refractivity contribution in [2.75, 3.05) is 46.5 Å². The monoisotopic (exact) mass is 414 g/mol. The fourth-order valence-electron chi connectivity index (χ4n) is 2.16. The highest BCUT2D eigenvalue weighted by Crippen LogP contribution is 2.02. The van der Waals surface area contributed by atoms with Crippen molar-refractivity contribution in [2.24, 2.45) is 0 Å². The molecule has 0 bridgehead atoms. The van der Waals surface area contributed by atoms with E-state index in [2.05, 4.69) is 23.5 Å². The fraction of sp³-hybridized carbons (Fsp3) is 0.684. The largest absolute Gasteiger partial charge is 0.351 e. The second-order valence-corrected chi connectivity index (χ2v) is 8.98. The molecular formula is C19H34N4O4S. The Morgan fingerprint density at radius 2 is 1.79 bits per heavy atom. The summed E-state index contributed by atoms with van der Waals surface area (Å²) in [7, 11) is 1.62. The molecule has 0 aromatic rings. The summed E-state index contributed by atoms with van der Waals surface area (Å²) in [6.07, 6.45) is 10.2. The quantitative estimate of drug-likeness (QED) is 0.245. The number of likely N-dealkylation sites (N-methyl/N-ethyl adjacent to an activating group) is 2. The zero-order valence-electron chi connectivity index (χ0n) is 17.5. The van der Waals surface area contributed by atoms with Crippen molar-refractivity contribution in [3.8, 4) is 12.3 Å². The van der Waals surface area contributed by atoms with Crippen LogP contribution in [-0.4, -0.2) is 76.0 Å². The van der Waals surface area contributed by atoms with Crippen LogP contribution >= 0.6 is 0 Å². The lowest BCUT2D eigenvalue weighted by molar-refractivity contribution is -0.123. The van der Waals surface area contributed by atoms with E-state index in [0.717, 1.165) is 31.8 Å². The first-order valence-electron chi connectivity index (χ1n) is 9.47. The second-order valence-electron chi connectivity index (χ2n) is 6.78. The van der Waals surface area contributed by atoms with Gasteiger partial charge in [0.05, 0.1) is 5.75 Å². The minimum Gasteiger partial charge on any atom is -0.351 e. The van der Waals surface area contributed by atoms with Gasteiger partial charge in [0.15, 0.2) is 0 Å². The molecule has 0 saturated heterocycles. The van der Waals surface area contributed by atoms with Crippen molar-refractivity contribution in [3.05, 3.63) is 11.8 Å². The number of carbonyl (C=O) groups is 2. The molecule has 0 saturated carbocycles. The number of unbranched alkanes of at least 4 members (excludes halogenated alkanes) is 3. The Hall–Kier alpha value is -1.89. The van der Waals surface area contributed by atoms with Crippen LogP contribution in [0.1, 0.15) is 39.0 Å². The molecule has 0 rings (SSSR count). The Balaban J connectivity index is 4.56. The molecule has 2 amide bonds. The van der Waals surface area contributed by atoms with Crippen molar-refractivity contribution >= 4 is 21.8 Å². The van der Waals surface area contributed by atoms with Crippen LogP contribution in [0.2, 0.25) is 0 Å². The number of hydrogen-bond donors (Lipinski definition) is 2. The predicted octanol–water partition coefficient (Wildman–Crippen LogP) is 0.530. The van der Waals surface area contributed by atoms with Gasteiger partial charge in [-0.15, -0.1) is 6.42 Å². The molecule has 0 aliphatic carbocycles. The lowest BCUT2D eigenvalue weighted by Crippen LogP contribution is -2.38. The minimum atomic E-state index is -3.56. The molecule has 0 fully saturated rings. The van der Waals surface area contributed by atoms with Gasteiger partial charge < -0.3 is 15.5 Å². The molecule has 0 heterocycles. The molecule has 0 spiro atoms. The lowest BCUT2D eigenvalue weighted by Gasteiger charge is -2.19. The summed E-state index contributed by atoms with van der Waals surface area (Å²) in [6, 6.07) is 0. The Morgan fingerprint density at radius 3 is 2.36 bits per heavy atom. The maximum absolute atomic E-state index is 12.2. The molecule has 160 valence electrons. The van der Waals surface area contributed by atoms with Gasteiger partial charge in [0, 0.05) is 39.2 Å². The third kappa shape index (κ3) is 11.7. The number of carbonyl (C=O) groups excluding carboxylic acids is 2. The first-order valence-corrected chi connectivity index (χ1v) is 11.1. The highest BCUT2D eigenvalue weighted by atomic mass is 32.2. The smallest absolute Gasteiger partial charge is 0.268 e. The van der Waals surface area contributed by atoms with Crippen LogP contribution in [0.15, 0.2) is 11.8 Å². The summed E-state index contributed by atoms with van der Waals surface area (Å²) in [4.78, 5) is 26.1. The molecule has 0 aliphatic rings. The molecule has 8 nitrogen and oxygen atoms in total. The van der Waals surface area contributed by atoms with Crippen LogP contribution < -0.4 is 10.6 Å². The molecular weight excluding hydrogens is 380 g/mol. The van der Waals surface area contributed by atoms with Crippen molar-refractivity contribution in [1.82, 2.24) is 19.8 Å². The number of rotatable bonds is 14. The van der Waals surface area contributed by atoms with Crippen LogP contribution in [0.4, 0.5) is 0 Å². The maximum atomic E-state index is 12.2. The summed E-state index contributed by atoms with van der Waals surface area (Å²) in [5, 5.41) is 5.11. The topological polar surface area (TPSA) is 98.8 Å². The molecule has 0 radical (unpaired) electrons. The summed E-state index contributed by atoms with van der Waals surface area (Å²) < 4.78 is 25.7. The van der Waals surface area contributed by atoms with E-state index in [4.69, 9.17) is 6.42 Å². The summed E-state index contributed by atoms with van der Waals surface area (Å²) >= 11 is 0. The summed E-state index contributed by atoms with van der Waals surface area (Å²) in [5.74, 6) is 0.817. The third-order valence-electron chi connectivity index (χ3n) is 3.99. The lowest BCUT2D eigenvalue weighted by atomic mass is 10.2. The number of nitrogens with zero attached hydrogens (tertiary/aromatic N) is 2. The molecule has 0 aromatic carbocycles. The average molecular weight is 415 g/mol. The maximum Gasteiger partial charge on any atom is 0.268 e. The van der Waals surface area contributed by atoms with Gasteiger partial charge in [-0.05, 0) is 20.5 Å². The van der Waals surface area contributed by atoms with E-state index in [1.54, 1.807) is 0 Å². The first-order chi connectivity index (χ1) is 13.1. The van der Waals surface area contributed by atoms with Gasteiger partial charge in [0.1, 0.15) is 5.70 Å². The molecule has 0 aliphatic heterocycles. The number of hydrogen-bond acceptors (Lipinski definition) is 5. The Bertz CT molecular complexity index is 666. The van der Waals surface area contributed by atoms with Crippen LogP contribution in [0.5, 0.6) is 0 Å². The SMILES string of the molecule is C#C/C=C(/NC(=O)CCS(=O)(=O)N(C)CCN(C)C)C(=O)NCCCCCC. The Morgan fingerprint density at radius 1 is 1.11 bits per heavy atom. The van der Waals surface area contributed by atoms with Crippen molar-refractivity contribution < 1.29 is 18.0 Å². The van der Waals surface area contributed by atoms with Gasteiger partial charge in [-0.2, -0.15) is 0 Å². The van der Waals surface area contributed by atoms with Gasteiger partial charge in [0.2, 0.25) is 15.9 Å². The first kappa shape index (κ1) is 26.1. The summed E-state index contributed by atoms with van der Waals surface area (Å²) in [5.41, 5.74) is -0.0543. The van der Waals surface area contributed by atoms with Crippen LogP contribution in [-0.2, 0) is 19.6 Å². The number of amides is 2. The van der Waals surface area contributed by atoms with Gasteiger partial charge in [-0.3, -0.25) is 9.59 Å². The van der Waals surface area contributed by atoms with Crippen molar-refractivity contribution in [2.45, 2.75) is 39.0 Å². The molecule has 9 heteroatoms. The van der Waals surface area contributed by atoms with E-state index in [-0.39, 0.29) is 17.9 Å². The minimum absolute atomic E-state index is 0.0543. The van der Waals surface area contributed by atoms with Crippen LogP contribution in [0.3, 0.4) is 0 Å². The molecule has 0 aromatic heterocycles. The van der Waals surface area contributed by atoms with E-state index in [9.17, 15) is 18.0 Å². The van der Waals surface area contributed by atoms with Gasteiger partial charge in [-0.1, -0.05) is 32.1 Å².